The van der Waals surface area contributed by atoms with Gasteiger partial charge in [-0.15, -0.1) is 0 Å². The minimum atomic E-state index is -0.939. The molecule has 1 aromatic carbocycles. The second-order valence-electron chi connectivity index (χ2n) is 5.32. The Bertz CT molecular complexity index is 431. The summed E-state index contributed by atoms with van der Waals surface area (Å²) in [7, 11) is 0. The Labute approximate surface area is 118 Å². The van der Waals surface area contributed by atoms with Gasteiger partial charge in [0, 0.05) is 17.5 Å². The van der Waals surface area contributed by atoms with Gasteiger partial charge in [-0.3, -0.25) is 4.79 Å². The van der Waals surface area contributed by atoms with E-state index in [1.807, 2.05) is 32.0 Å². The third-order valence-electron chi connectivity index (χ3n) is 3.65. The number of carbonyl (C=O) groups is 1. The molecule has 2 nitrogen and oxygen atoms in total. The van der Waals surface area contributed by atoms with E-state index in [1.165, 1.54) is 5.56 Å². The van der Waals surface area contributed by atoms with E-state index in [0.29, 0.717) is 0 Å². The first-order chi connectivity index (χ1) is 8.42. The number of Topliss-reactive ketones (excluding diaryl/α,β-unsaturated/α-hetero) is 1. The molecule has 0 amide bonds. The average molecular weight is 286 g/mol. The van der Waals surface area contributed by atoms with Gasteiger partial charge in [0.15, 0.2) is 10.6 Å². The fourth-order valence-electron chi connectivity index (χ4n) is 2.67. The lowest BCUT2D eigenvalue weighted by molar-refractivity contribution is -0.122. The Morgan fingerprint density at radius 3 is 2.50 bits per heavy atom. The van der Waals surface area contributed by atoms with Crippen LogP contribution in [-0.4, -0.2) is 16.2 Å². The van der Waals surface area contributed by atoms with Crippen molar-refractivity contribution in [2.24, 2.45) is 5.92 Å². The lowest BCUT2D eigenvalue weighted by atomic mass is 9.85. The molecule has 0 radical (unpaired) electrons. The highest BCUT2D eigenvalue weighted by atomic mass is 35.5. The Morgan fingerprint density at radius 2 is 1.94 bits per heavy atom. The molecule has 1 saturated heterocycles. The van der Waals surface area contributed by atoms with Crippen molar-refractivity contribution in [3.63, 3.8) is 0 Å². The molecule has 18 heavy (non-hydrogen) atoms. The molecule has 0 bridgehead atoms. The van der Waals surface area contributed by atoms with Crippen LogP contribution in [0.1, 0.15) is 31.9 Å². The Balaban J connectivity index is 2.20. The summed E-state index contributed by atoms with van der Waals surface area (Å²) in [6, 6.07) is 10.3. The standard InChI is InChI=1S/C14H17Cl2NO/c1-14(2)10(12(18)13(15)16)8-11(17-14)9-6-4-3-5-7-9/h3-7,10-11,13,17H,8H2,1-2H3. The summed E-state index contributed by atoms with van der Waals surface area (Å²) in [5.41, 5.74) is 0.918. The van der Waals surface area contributed by atoms with Gasteiger partial charge in [-0.25, -0.2) is 0 Å². The van der Waals surface area contributed by atoms with Crippen LogP contribution < -0.4 is 5.32 Å². The second-order valence-corrected chi connectivity index (χ2v) is 6.42. The van der Waals surface area contributed by atoms with E-state index < -0.39 is 4.84 Å². The van der Waals surface area contributed by atoms with E-state index in [-0.39, 0.29) is 23.3 Å². The molecule has 1 aliphatic rings. The first-order valence-electron chi connectivity index (χ1n) is 6.06. The number of halogens is 2. The highest BCUT2D eigenvalue weighted by Crippen LogP contribution is 2.39. The van der Waals surface area contributed by atoms with Gasteiger partial charge in [0.25, 0.3) is 0 Å². The Kier molecular flexibility index (Phi) is 4.00. The minimum absolute atomic E-state index is 0.0886. The lowest BCUT2D eigenvalue weighted by Crippen LogP contribution is -2.43. The first kappa shape index (κ1) is 13.9. The second kappa shape index (κ2) is 5.20. The first-order valence-corrected chi connectivity index (χ1v) is 6.93. The highest BCUT2D eigenvalue weighted by molar-refractivity contribution is 6.54. The Hall–Kier alpha value is -0.570. The van der Waals surface area contributed by atoms with Gasteiger partial charge >= 0.3 is 0 Å². The van der Waals surface area contributed by atoms with Crippen LogP contribution >= 0.6 is 23.2 Å². The summed E-state index contributed by atoms with van der Waals surface area (Å²) in [6.07, 6.45) is 0.742. The minimum Gasteiger partial charge on any atom is -0.304 e. The fraction of sp³-hybridized carbons (Fsp3) is 0.500. The van der Waals surface area contributed by atoms with Crippen LogP contribution in [0.4, 0.5) is 0 Å². The summed E-state index contributed by atoms with van der Waals surface area (Å²) < 4.78 is 0. The van der Waals surface area contributed by atoms with Crippen LogP contribution in [0, 0.1) is 5.92 Å². The monoisotopic (exact) mass is 285 g/mol. The number of carbonyl (C=O) groups excluding carboxylic acids is 1. The molecule has 2 atom stereocenters. The zero-order valence-corrected chi connectivity index (χ0v) is 12.0. The molecule has 1 aromatic rings. The molecule has 1 heterocycles. The lowest BCUT2D eigenvalue weighted by Gasteiger charge is -2.26. The quantitative estimate of drug-likeness (QED) is 0.862. The van der Waals surface area contributed by atoms with Crippen LogP contribution in [-0.2, 0) is 4.79 Å². The van der Waals surface area contributed by atoms with Crippen molar-refractivity contribution < 1.29 is 4.79 Å². The summed E-state index contributed by atoms with van der Waals surface area (Å²) >= 11 is 11.4. The largest absolute Gasteiger partial charge is 0.304 e. The van der Waals surface area contributed by atoms with Crippen LogP contribution in [0.3, 0.4) is 0 Å². The van der Waals surface area contributed by atoms with E-state index in [0.717, 1.165) is 6.42 Å². The van der Waals surface area contributed by atoms with E-state index >= 15 is 0 Å². The van der Waals surface area contributed by atoms with Gasteiger partial charge in [0.05, 0.1) is 0 Å². The van der Waals surface area contributed by atoms with Crippen molar-refractivity contribution in [2.75, 3.05) is 0 Å². The maximum atomic E-state index is 12.0. The van der Waals surface area contributed by atoms with Crippen molar-refractivity contribution in [2.45, 2.75) is 36.7 Å². The molecule has 2 rings (SSSR count). The molecule has 0 aromatic heterocycles. The maximum absolute atomic E-state index is 12.0. The van der Waals surface area contributed by atoms with Crippen molar-refractivity contribution in [1.82, 2.24) is 5.32 Å². The molecule has 1 fully saturated rings. The van der Waals surface area contributed by atoms with Gasteiger partial charge in [0.1, 0.15) is 0 Å². The van der Waals surface area contributed by atoms with Gasteiger partial charge in [-0.05, 0) is 25.8 Å². The zero-order chi connectivity index (χ0) is 13.3. The molecule has 4 heteroatoms. The van der Waals surface area contributed by atoms with Crippen LogP contribution in [0.15, 0.2) is 30.3 Å². The number of benzene rings is 1. The number of alkyl halides is 2. The van der Waals surface area contributed by atoms with Gasteiger partial charge in [-0.2, -0.15) is 0 Å². The summed E-state index contributed by atoms with van der Waals surface area (Å²) in [4.78, 5) is 11.1. The van der Waals surface area contributed by atoms with Crippen molar-refractivity contribution in [3.05, 3.63) is 35.9 Å². The predicted molar refractivity (Wildman–Crippen MR) is 75.0 cm³/mol. The van der Waals surface area contributed by atoms with E-state index in [9.17, 15) is 4.79 Å². The molecule has 0 spiro atoms. The highest BCUT2D eigenvalue weighted by Gasteiger charge is 2.45. The van der Waals surface area contributed by atoms with Crippen LogP contribution in [0.2, 0.25) is 0 Å². The normalized spacial score (nSPS) is 26.5. The molecular formula is C14H17Cl2NO. The number of nitrogens with one attached hydrogen (secondary N) is 1. The SMILES string of the molecule is CC1(C)NC(c2ccccc2)CC1C(=O)C(Cl)Cl. The van der Waals surface area contributed by atoms with Gasteiger partial charge in [-0.1, -0.05) is 53.5 Å². The van der Waals surface area contributed by atoms with Crippen LogP contribution in [0.5, 0.6) is 0 Å². The number of hydrogen-bond donors (Lipinski definition) is 1. The van der Waals surface area contributed by atoms with E-state index in [1.54, 1.807) is 0 Å². The predicted octanol–water partition coefficient (Wildman–Crippen LogP) is 3.49. The summed E-state index contributed by atoms with van der Waals surface area (Å²) in [5, 5.41) is 3.49. The molecule has 98 valence electrons. The van der Waals surface area contributed by atoms with Crippen molar-refractivity contribution in [3.8, 4) is 0 Å². The third kappa shape index (κ3) is 2.71. The third-order valence-corrected chi connectivity index (χ3v) is 4.08. The molecule has 2 unspecified atom stereocenters. The number of hydrogen-bond acceptors (Lipinski definition) is 2. The smallest absolute Gasteiger partial charge is 0.170 e. The molecule has 1 N–H and O–H groups in total. The molecule has 0 saturated carbocycles. The van der Waals surface area contributed by atoms with Gasteiger partial charge in [0.2, 0.25) is 0 Å². The fourth-order valence-corrected chi connectivity index (χ4v) is 2.97. The van der Waals surface area contributed by atoms with E-state index in [2.05, 4.69) is 17.4 Å². The molecular weight excluding hydrogens is 269 g/mol. The Morgan fingerprint density at radius 1 is 1.33 bits per heavy atom. The topological polar surface area (TPSA) is 29.1 Å². The number of ketones is 1. The average Bonchev–Trinajstić information content (AvgIpc) is 2.65. The summed E-state index contributed by atoms with van der Waals surface area (Å²) in [5.74, 6) is -0.239. The van der Waals surface area contributed by atoms with Crippen molar-refractivity contribution in [1.29, 1.82) is 0 Å². The molecule has 0 aliphatic carbocycles. The maximum Gasteiger partial charge on any atom is 0.170 e. The zero-order valence-electron chi connectivity index (χ0n) is 10.5. The van der Waals surface area contributed by atoms with Crippen LogP contribution in [0.25, 0.3) is 0 Å². The number of rotatable bonds is 3. The van der Waals surface area contributed by atoms with E-state index in [4.69, 9.17) is 23.2 Å². The summed E-state index contributed by atoms with van der Waals surface area (Å²) in [6.45, 7) is 4.04. The van der Waals surface area contributed by atoms with Crippen molar-refractivity contribution >= 4 is 29.0 Å². The van der Waals surface area contributed by atoms with Gasteiger partial charge < -0.3 is 5.32 Å². The molecule has 1 aliphatic heterocycles.